The zero-order valence-corrected chi connectivity index (χ0v) is 5.50. The number of aliphatic hydroxyl groups excluding tert-OH is 1. The van der Waals surface area contributed by atoms with Gasteiger partial charge >= 0.3 is 11.9 Å². The van der Waals surface area contributed by atoms with Gasteiger partial charge in [-0.2, -0.15) is 0 Å². The van der Waals surface area contributed by atoms with Crippen molar-refractivity contribution in [2.75, 3.05) is 0 Å². The van der Waals surface area contributed by atoms with Crippen molar-refractivity contribution in [2.24, 2.45) is 0 Å². The second-order valence-corrected chi connectivity index (χ2v) is 1.66. The molecule has 0 radical (unpaired) electrons. The molecule has 0 saturated carbocycles. The van der Waals surface area contributed by atoms with Gasteiger partial charge in [0.1, 0.15) is 0 Å². The van der Waals surface area contributed by atoms with Gasteiger partial charge in [0.2, 0.25) is 0 Å². The second kappa shape index (κ2) is 3.55. The van der Waals surface area contributed by atoms with Crippen LogP contribution in [0.5, 0.6) is 0 Å². The lowest BCUT2D eigenvalue weighted by Gasteiger charge is -1.94. The molecule has 0 rings (SSSR count). The largest absolute Gasteiger partial charge is 0.479 e. The predicted molar refractivity (Wildman–Crippen MR) is 34.2 cm³/mol. The van der Waals surface area contributed by atoms with E-state index in [1.54, 1.807) is 0 Å². The van der Waals surface area contributed by atoms with Crippen LogP contribution in [0.1, 0.15) is 6.92 Å². The maximum Gasteiger partial charge on any atom is 0.338 e. The van der Waals surface area contributed by atoms with E-state index in [2.05, 4.69) is 11.3 Å². The fourth-order valence-corrected chi connectivity index (χ4v) is 0.207. The average molecular weight is 144 g/mol. The molecule has 10 heavy (non-hydrogen) atoms. The summed E-state index contributed by atoms with van der Waals surface area (Å²) in [5, 5.41) is 16.2. The lowest BCUT2D eigenvalue weighted by atomic mass is 10.4. The van der Waals surface area contributed by atoms with Crippen molar-refractivity contribution in [3.05, 3.63) is 24.4 Å². The molecule has 0 heterocycles. The number of aliphatic hydroxyl groups is 2. The predicted octanol–water partition coefficient (Wildman–Crippen LogP) is 1.02. The number of esters is 1. The van der Waals surface area contributed by atoms with Crippen LogP contribution in [0.2, 0.25) is 0 Å². The summed E-state index contributed by atoms with van der Waals surface area (Å²) in [6.07, 6.45) is 0.525. The summed E-state index contributed by atoms with van der Waals surface area (Å²) in [4.78, 5) is 10.5. The van der Waals surface area contributed by atoms with Crippen molar-refractivity contribution in [3.63, 3.8) is 0 Å². The first-order valence-corrected chi connectivity index (χ1v) is 2.48. The van der Waals surface area contributed by atoms with E-state index in [9.17, 15) is 4.79 Å². The van der Waals surface area contributed by atoms with Crippen LogP contribution in [0.25, 0.3) is 0 Å². The maximum atomic E-state index is 10.5. The zero-order chi connectivity index (χ0) is 8.15. The third-order valence-corrected chi connectivity index (χ3v) is 0.620. The zero-order valence-electron chi connectivity index (χ0n) is 5.50. The van der Waals surface area contributed by atoms with E-state index in [0.717, 1.165) is 0 Å². The summed E-state index contributed by atoms with van der Waals surface area (Å²) in [7, 11) is 0. The van der Waals surface area contributed by atoms with Crippen molar-refractivity contribution in [1.29, 1.82) is 0 Å². The van der Waals surface area contributed by atoms with Crippen LogP contribution < -0.4 is 0 Å². The van der Waals surface area contributed by atoms with E-state index < -0.39 is 11.9 Å². The van der Waals surface area contributed by atoms with Crippen molar-refractivity contribution >= 4 is 5.97 Å². The van der Waals surface area contributed by atoms with Gasteiger partial charge < -0.3 is 14.9 Å². The van der Waals surface area contributed by atoms with Crippen LogP contribution in [0, 0.1) is 0 Å². The highest BCUT2D eigenvalue weighted by Gasteiger charge is 2.00. The number of rotatable bonds is 2. The maximum absolute atomic E-state index is 10.5. The molecule has 0 aliphatic carbocycles. The Balaban J connectivity index is 3.83. The van der Waals surface area contributed by atoms with E-state index in [4.69, 9.17) is 10.2 Å². The molecule has 0 fully saturated rings. The van der Waals surface area contributed by atoms with E-state index in [1.807, 2.05) is 0 Å². The SMILES string of the molecule is C=C(C)C(=O)OC=C(O)O. The minimum atomic E-state index is -1.05. The first-order valence-electron chi connectivity index (χ1n) is 2.48. The number of hydrogen-bond acceptors (Lipinski definition) is 4. The molecule has 0 bridgehead atoms. The molecule has 0 amide bonds. The van der Waals surface area contributed by atoms with Gasteiger partial charge in [0.25, 0.3) is 0 Å². The number of ether oxygens (including phenoxy) is 1. The molecule has 56 valence electrons. The van der Waals surface area contributed by atoms with Crippen LogP contribution in [0.3, 0.4) is 0 Å². The summed E-state index contributed by atoms with van der Waals surface area (Å²) >= 11 is 0. The molecule has 0 aliphatic heterocycles. The molecule has 0 aromatic rings. The average Bonchev–Trinajstić information content (AvgIpc) is 1.82. The summed E-state index contributed by atoms with van der Waals surface area (Å²) < 4.78 is 4.16. The lowest BCUT2D eigenvalue weighted by molar-refractivity contribution is -0.134. The number of carbonyl (C=O) groups is 1. The normalized spacial score (nSPS) is 8.10. The summed E-state index contributed by atoms with van der Waals surface area (Å²) in [6, 6.07) is 0. The molecule has 0 spiro atoms. The van der Waals surface area contributed by atoms with Crippen LogP contribution in [-0.2, 0) is 9.53 Å². The third-order valence-electron chi connectivity index (χ3n) is 0.620. The van der Waals surface area contributed by atoms with Gasteiger partial charge in [-0.15, -0.1) is 0 Å². The third kappa shape index (κ3) is 3.54. The van der Waals surface area contributed by atoms with Crippen LogP contribution in [0.4, 0.5) is 0 Å². The van der Waals surface area contributed by atoms with E-state index >= 15 is 0 Å². The van der Waals surface area contributed by atoms with Crippen molar-refractivity contribution in [1.82, 2.24) is 0 Å². The van der Waals surface area contributed by atoms with Gasteiger partial charge in [-0.05, 0) is 6.92 Å². The molecular weight excluding hydrogens is 136 g/mol. The fourth-order valence-electron chi connectivity index (χ4n) is 0.207. The minimum Gasteiger partial charge on any atom is -0.479 e. The quantitative estimate of drug-likeness (QED) is 0.345. The summed E-state index contributed by atoms with van der Waals surface area (Å²) in [6.45, 7) is 4.71. The highest BCUT2D eigenvalue weighted by molar-refractivity contribution is 5.87. The Labute approximate surface area is 58.0 Å². The second-order valence-electron chi connectivity index (χ2n) is 1.66. The Hall–Kier alpha value is -1.45. The standard InChI is InChI=1S/C6H8O4/c1-4(2)6(9)10-3-5(7)8/h3,7-8H,1H2,2H3. The molecule has 0 aromatic carbocycles. The summed E-state index contributed by atoms with van der Waals surface area (Å²) in [5.74, 6) is -1.74. The van der Waals surface area contributed by atoms with Gasteiger partial charge in [0.15, 0.2) is 6.26 Å². The van der Waals surface area contributed by atoms with Crippen molar-refractivity contribution < 1.29 is 19.7 Å². The first-order chi connectivity index (χ1) is 4.54. The molecule has 0 atom stereocenters. The van der Waals surface area contributed by atoms with E-state index in [1.165, 1.54) is 6.92 Å². The molecule has 0 saturated heterocycles. The van der Waals surface area contributed by atoms with E-state index in [0.29, 0.717) is 6.26 Å². The van der Waals surface area contributed by atoms with Gasteiger partial charge in [-0.1, -0.05) is 6.58 Å². The molecule has 4 nitrogen and oxygen atoms in total. The van der Waals surface area contributed by atoms with Gasteiger partial charge in [-0.25, -0.2) is 4.79 Å². The summed E-state index contributed by atoms with van der Waals surface area (Å²) in [5.41, 5.74) is 0.192. The molecule has 4 heteroatoms. The van der Waals surface area contributed by atoms with Crippen LogP contribution in [-0.4, -0.2) is 16.2 Å². The van der Waals surface area contributed by atoms with Gasteiger partial charge in [0.05, 0.1) is 0 Å². The van der Waals surface area contributed by atoms with E-state index in [-0.39, 0.29) is 5.57 Å². The highest BCUT2D eigenvalue weighted by Crippen LogP contribution is 1.93. The van der Waals surface area contributed by atoms with Crippen LogP contribution in [0.15, 0.2) is 24.4 Å². The smallest absolute Gasteiger partial charge is 0.338 e. The lowest BCUT2D eigenvalue weighted by Crippen LogP contribution is -2.00. The minimum absolute atomic E-state index is 0.192. The molecule has 0 aliphatic rings. The fraction of sp³-hybridized carbons (Fsp3) is 0.167. The highest BCUT2D eigenvalue weighted by atomic mass is 16.5. The Morgan fingerprint density at radius 3 is 2.40 bits per heavy atom. The Morgan fingerprint density at radius 2 is 2.10 bits per heavy atom. The molecular formula is C6H8O4. The van der Waals surface area contributed by atoms with Gasteiger partial charge in [-0.3, -0.25) is 0 Å². The molecule has 0 aromatic heterocycles. The van der Waals surface area contributed by atoms with Crippen molar-refractivity contribution in [2.45, 2.75) is 6.92 Å². The Bertz CT molecular complexity index is 176. The van der Waals surface area contributed by atoms with Crippen LogP contribution >= 0.6 is 0 Å². The topological polar surface area (TPSA) is 66.8 Å². The Morgan fingerprint density at radius 1 is 1.60 bits per heavy atom. The monoisotopic (exact) mass is 144 g/mol. The Kier molecular flexibility index (Phi) is 3.04. The molecule has 2 N–H and O–H groups in total. The van der Waals surface area contributed by atoms with Crippen molar-refractivity contribution in [3.8, 4) is 0 Å². The number of carbonyl (C=O) groups excluding carboxylic acids is 1. The number of hydrogen-bond donors (Lipinski definition) is 2. The van der Waals surface area contributed by atoms with Gasteiger partial charge in [0, 0.05) is 5.57 Å². The molecule has 0 unspecified atom stereocenters. The first kappa shape index (κ1) is 8.55.